The molecule has 28 heavy (non-hydrogen) atoms. The van der Waals surface area contributed by atoms with Crippen molar-refractivity contribution in [3.63, 3.8) is 0 Å². The van der Waals surface area contributed by atoms with Crippen LogP contribution in [0.2, 0.25) is 5.02 Å². The molecule has 0 bridgehead atoms. The fraction of sp³-hybridized carbons (Fsp3) is 0.263. The fourth-order valence-electron chi connectivity index (χ4n) is 3.25. The van der Waals surface area contributed by atoms with Gasteiger partial charge in [-0.1, -0.05) is 35.9 Å². The zero-order valence-electron chi connectivity index (χ0n) is 15.1. The first-order valence-corrected chi connectivity index (χ1v) is 8.89. The number of halogens is 1. The Kier molecular flexibility index (Phi) is 5.91. The third-order valence-electron chi connectivity index (χ3n) is 4.60. The van der Waals surface area contributed by atoms with Crippen LogP contribution in [0.15, 0.2) is 42.5 Å². The lowest BCUT2D eigenvalue weighted by atomic mass is 9.94. The van der Waals surface area contributed by atoms with Gasteiger partial charge in [0.05, 0.1) is 18.6 Å². The molecule has 0 aliphatic carbocycles. The zero-order valence-corrected chi connectivity index (χ0v) is 15.8. The van der Waals surface area contributed by atoms with Crippen LogP contribution in [-0.4, -0.2) is 41.4 Å². The Morgan fingerprint density at radius 2 is 2.00 bits per heavy atom. The average molecular weight is 404 g/mol. The van der Waals surface area contributed by atoms with Crippen molar-refractivity contribution in [2.75, 3.05) is 19.0 Å². The van der Waals surface area contributed by atoms with E-state index in [2.05, 4.69) is 5.32 Å². The molecule has 0 saturated carbocycles. The fourth-order valence-corrected chi connectivity index (χ4v) is 3.43. The van der Waals surface area contributed by atoms with Gasteiger partial charge in [-0.25, -0.2) is 0 Å². The van der Waals surface area contributed by atoms with E-state index in [9.17, 15) is 19.7 Å². The summed E-state index contributed by atoms with van der Waals surface area (Å²) in [4.78, 5) is 37.0. The molecule has 8 nitrogen and oxygen atoms in total. The standard InChI is InChI=1S/C19H18ClN3O5/c1-28-19(25)17-8-12-4-2-3-5-13(12)10-22(17)11-18(24)21-15-9-14(20)6-7-16(15)23(26)27/h2-7,9,17H,8,10-11H2,1H3,(H,21,24)/t17-/m1/s1. The summed E-state index contributed by atoms with van der Waals surface area (Å²) in [5, 5.41) is 13.9. The van der Waals surface area contributed by atoms with E-state index >= 15 is 0 Å². The molecule has 2 aromatic carbocycles. The quantitative estimate of drug-likeness (QED) is 0.468. The highest BCUT2D eigenvalue weighted by molar-refractivity contribution is 6.31. The summed E-state index contributed by atoms with van der Waals surface area (Å²) in [6, 6.07) is 11.0. The van der Waals surface area contributed by atoms with Crippen LogP contribution in [0.4, 0.5) is 11.4 Å². The Hall–Kier alpha value is -2.97. The summed E-state index contributed by atoms with van der Waals surface area (Å²) >= 11 is 5.89. The first kappa shape index (κ1) is 19.8. The normalized spacial score (nSPS) is 16.1. The highest BCUT2D eigenvalue weighted by Gasteiger charge is 2.33. The number of rotatable bonds is 5. The molecule has 3 rings (SSSR count). The molecule has 0 spiro atoms. The van der Waals surface area contributed by atoms with Crippen LogP contribution in [0.25, 0.3) is 0 Å². The number of nitrogens with zero attached hydrogens (tertiary/aromatic N) is 2. The van der Waals surface area contributed by atoms with Crippen LogP contribution >= 0.6 is 11.6 Å². The van der Waals surface area contributed by atoms with Gasteiger partial charge in [0.15, 0.2) is 0 Å². The average Bonchev–Trinajstić information content (AvgIpc) is 2.66. The van der Waals surface area contributed by atoms with Gasteiger partial charge in [0.25, 0.3) is 5.69 Å². The van der Waals surface area contributed by atoms with Crippen molar-refractivity contribution >= 4 is 34.9 Å². The van der Waals surface area contributed by atoms with Crippen molar-refractivity contribution in [1.29, 1.82) is 0 Å². The van der Waals surface area contributed by atoms with E-state index < -0.39 is 22.8 Å². The number of esters is 1. The van der Waals surface area contributed by atoms with Gasteiger partial charge in [-0.15, -0.1) is 0 Å². The Labute approximate surface area is 166 Å². The van der Waals surface area contributed by atoms with Crippen molar-refractivity contribution in [2.24, 2.45) is 0 Å². The van der Waals surface area contributed by atoms with Crippen LogP contribution in [-0.2, 0) is 27.3 Å². The second-order valence-electron chi connectivity index (χ2n) is 6.38. The number of benzene rings is 2. The molecule has 0 unspecified atom stereocenters. The van der Waals surface area contributed by atoms with Crippen LogP contribution < -0.4 is 5.32 Å². The predicted octanol–water partition coefficient (Wildman–Crippen LogP) is 2.79. The Morgan fingerprint density at radius 1 is 1.29 bits per heavy atom. The Morgan fingerprint density at radius 3 is 2.68 bits per heavy atom. The molecular formula is C19H18ClN3O5. The number of fused-ring (bicyclic) bond motifs is 1. The minimum absolute atomic E-state index is 0.00882. The molecule has 146 valence electrons. The van der Waals surface area contributed by atoms with Crippen molar-refractivity contribution in [1.82, 2.24) is 4.90 Å². The van der Waals surface area contributed by atoms with E-state index in [1.807, 2.05) is 24.3 Å². The van der Waals surface area contributed by atoms with E-state index in [1.54, 1.807) is 4.90 Å². The lowest BCUT2D eigenvalue weighted by Crippen LogP contribution is -2.49. The molecule has 1 atom stereocenters. The smallest absolute Gasteiger partial charge is 0.323 e. The van der Waals surface area contributed by atoms with Gasteiger partial charge in [-0.05, 0) is 29.7 Å². The lowest BCUT2D eigenvalue weighted by Gasteiger charge is -2.34. The molecule has 2 aromatic rings. The molecule has 1 N–H and O–H groups in total. The van der Waals surface area contributed by atoms with Gasteiger partial charge in [0, 0.05) is 17.6 Å². The van der Waals surface area contributed by atoms with Gasteiger partial charge in [-0.2, -0.15) is 0 Å². The van der Waals surface area contributed by atoms with E-state index in [0.29, 0.717) is 13.0 Å². The number of nitrogens with one attached hydrogen (secondary N) is 1. The predicted molar refractivity (Wildman–Crippen MR) is 103 cm³/mol. The summed E-state index contributed by atoms with van der Waals surface area (Å²) < 4.78 is 4.88. The topological polar surface area (TPSA) is 102 Å². The number of nitro groups is 1. The molecule has 0 radical (unpaired) electrons. The molecular weight excluding hydrogens is 386 g/mol. The first-order valence-electron chi connectivity index (χ1n) is 8.51. The molecule has 1 aliphatic heterocycles. The van der Waals surface area contributed by atoms with Gasteiger partial charge in [0.1, 0.15) is 11.7 Å². The summed E-state index contributed by atoms with van der Waals surface area (Å²) in [6.07, 6.45) is 0.424. The SMILES string of the molecule is COC(=O)[C@H]1Cc2ccccc2CN1CC(=O)Nc1cc(Cl)ccc1[N+](=O)[O-]. The van der Waals surface area contributed by atoms with Crippen LogP contribution in [0, 0.1) is 10.1 Å². The maximum absolute atomic E-state index is 12.6. The number of anilines is 1. The maximum Gasteiger partial charge on any atom is 0.323 e. The molecule has 0 fully saturated rings. The van der Waals surface area contributed by atoms with Gasteiger partial charge in [0.2, 0.25) is 5.91 Å². The number of carbonyl (C=O) groups is 2. The highest BCUT2D eigenvalue weighted by atomic mass is 35.5. The number of ether oxygens (including phenoxy) is 1. The summed E-state index contributed by atoms with van der Waals surface area (Å²) in [5.41, 5.74) is 1.80. The second-order valence-corrected chi connectivity index (χ2v) is 6.82. The summed E-state index contributed by atoms with van der Waals surface area (Å²) in [5.74, 6) is -0.922. The zero-order chi connectivity index (χ0) is 20.3. The number of hydrogen-bond donors (Lipinski definition) is 1. The molecule has 1 aliphatic rings. The maximum atomic E-state index is 12.6. The third kappa shape index (κ3) is 4.29. The van der Waals surface area contributed by atoms with Crippen LogP contribution in [0.3, 0.4) is 0 Å². The monoisotopic (exact) mass is 403 g/mol. The minimum Gasteiger partial charge on any atom is -0.468 e. The van der Waals surface area contributed by atoms with Crippen LogP contribution in [0.1, 0.15) is 11.1 Å². The highest BCUT2D eigenvalue weighted by Crippen LogP contribution is 2.28. The Bertz CT molecular complexity index is 934. The number of amides is 1. The first-order chi connectivity index (χ1) is 13.4. The lowest BCUT2D eigenvalue weighted by molar-refractivity contribution is -0.383. The van der Waals surface area contributed by atoms with E-state index in [-0.39, 0.29) is 22.9 Å². The van der Waals surface area contributed by atoms with Crippen molar-refractivity contribution in [2.45, 2.75) is 19.0 Å². The molecule has 0 aromatic heterocycles. The van der Waals surface area contributed by atoms with Gasteiger partial charge < -0.3 is 10.1 Å². The molecule has 0 saturated heterocycles. The van der Waals surface area contributed by atoms with Crippen molar-refractivity contribution < 1.29 is 19.2 Å². The molecule has 1 heterocycles. The summed E-state index contributed by atoms with van der Waals surface area (Å²) in [7, 11) is 1.30. The molecule has 9 heteroatoms. The molecule has 1 amide bonds. The van der Waals surface area contributed by atoms with Gasteiger partial charge in [-0.3, -0.25) is 24.6 Å². The third-order valence-corrected chi connectivity index (χ3v) is 4.83. The van der Waals surface area contributed by atoms with Crippen molar-refractivity contribution in [3.05, 3.63) is 68.7 Å². The van der Waals surface area contributed by atoms with E-state index in [1.165, 1.54) is 25.3 Å². The van der Waals surface area contributed by atoms with E-state index in [4.69, 9.17) is 16.3 Å². The van der Waals surface area contributed by atoms with Gasteiger partial charge >= 0.3 is 5.97 Å². The Balaban J connectivity index is 1.79. The summed E-state index contributed by atoms with van der Waals surface area (Å²) in [6.45, 7) is 0.263. The second kappa shape index (κ2) is 8.37. The number of nitro benzene ring substituents is 1. The van der Waals surface area contributed by atoms with Crippen molar-refractivity contribution in [3.8, 4) is 0 Å². The number of carbonyl (C=O) groups excluding carboxylic acids is 2. The van der Waals surface area contributed by atoms with Crippen LogP contribution in [0.5, 0.6) is 0 Å². The number of hydrogen-bond acceptors (Lipinski definition) is 6. The number of methoxy groups -OCH3 is 1. The van der Waals surface area contributed by atoms with E-state index in [0.717, 1.165) is 11.1 Å². The largest absolute Gasteiger partial charge is 0.468 e. The minimum atomic E-state index is -0.611.